The van der Waals surface area contributed by atoms with E-state index in [0.29, 0.717) is 19.3 Å². The molecule has 3 saturated heterocycles. The fourth-order valence-electron chi connectivity index (χ4n) is 14.6. The molecule has 3 aliphatic heterocycles. The molecule has 3 heterocycles. The van der Waals surface area contributed by atoms with Crippen LogP contribution >= 0.6 is 0 Å². The zero-order valence-corrected chi connectivity index (χ0v) is 37.5. The van der Waals surface area contributed by atoms with E-state index >= 15 is 0 Å². The van der Waals surface area contributed by atoms with Gasteiger partial charge < -0.3 is 74.4 Å². The lowest BCUT2D eigenvalue weighted by Crippen LogP contribution is -2.67. The van der Waals surface area contributed by atoms with Gasteiger partial charge in [-0.25, -0.2) is 0 Å². The summed E-state index contributed by atoms with van der Waals surface area (Å²) in [5.74, 6) is -0.403. The van der Waals surface area contributed by atoms with E-state index in [1.165, 1.54) is 12.5 Å². The zero-order valence-electron chi connectivity index (χ0n) is 37.5. The molecular formula is C46H74O16. The van der Waals surface area contributed by atoms with Crippen molar-refractivity contribution in [3.63, 3.8) is 0 Å². The molecule has 0 aromatic carbocycles. The summed E-state index contributed by atoms with van der Waals surface area (Å²) in [5, 5.41) is 96.7. The van der Waals surface area contributed by atoms with Crippen LogP contribution < -0.4 is 0 Å². The Hall–Kier alpha value is -1.35. The molecule has 0 spiro atoms. The number of allylic oxidation sites excluding steroid dienone is 2. The van der Waals surface area contributed by atoms with E-state index in [4.69, 9.17) is 28.4 Å². The maximum Gasteiger partial charge on any atom is 0.310 e. The summed E-state index contributed by atoms with van der Waals surface area (Å²) in [6, 6.07) is 0. The molecule has 8 rings (SSSR count). The Morgan fingerprint density at radius 2 is 1.40 bits per heavy atom. The van der Waals surface area contributed by atoms with Crippen molar-refractivity contribution in [1.82, 2.24) is 0 Å². The smallest absolute Gasteiger partial charge is 0.310 e. The van der Waals surface area contributed by atoms with Crippen LogP contribution in [0.3, 0.4) is 0 Å². The number of aliphatic hydroxyl groups excluding tert-OH is 8. The number of carboxylic acid groups (broad SMARTS) is 1. The second kappa shape index (κ2) is 16.5. The average Bonchev–Trinajstić information content (AvgIpc) is 3.49. The van der Waals surface area contributed by atoms with E-state index in [9.17, 15) is 50.8 Å². The monoisotopic (exact) mass is 882 g/mol. The van der Waals surface area contributed by atoms with Gasteiger partial charge in [-0.05, 0) is 111 Å². The number of carboxylic acids is 1. The minimum absolute atomic E-state index is 0.00374. The normalized spacial score (nSPS) is 55.0. The largest absolute Gasteiger partial charge is 0.481 e. The highest BCUT2D eigenvalue weighted by molar-refractivity contribution is 5.76. The summed E-state index contributed by atoms with van der Waals surface area (Å²) in [5.41, 5.74) is -0.636. The van der Waals surface area contributed by atoms with Crippen molar-refractivity contribution in [1.29, 1.82) is 0 Å². The third-order valence-electron chi connectivity index (χ3n) is 18.7. The molecular weight excluding hydrogens is 808 g/mol. The number of aliphatic carboxylic acids is 1. The fourth-order valence-corrected chi connectivity index (χ4v) is 14.6. The molecule has 0 radical (unpaired) electrons. The van der Waals surface area contributed by atoms with Crippen molar-refractivity contribution < 1.29 is 79.2 Å². The van der Waals surface area contributed by atoms with Crippen molar-refractivity contribution in [3.05, 3.63) is 11.6 Å². The minimum Gasteiger partial charge on any atom is -0.481 e. The highest BCUT2D eigenvalue weighted by Gasteiger charge is 2.70. The van der Waals surface area contributed by atoms with Gasteiger partial charge in [0, 0.05) is 5.41 Å². The predicted molar refractivity (Wildman–Crippen MR) is 219 cm³/mol. The van der Waals surface area contributed by atoms with Gasteiger partial charge in [0.2, 0.25) is 0 Å². The highest BCUT2D eigenvalue weighted by atomic mass is 16.8. The number of ether oxygens (including phenoxy) is 6. The van der Waals surface area contributed by atoms with Crippen LogP contribution in [0.1, 0.15) is 113 Å². The van der Waals surface area contributed by atoms with Crippen LogP contribution in [-0.2, 0) is 33.2 Å². The first kappa shape index (κ1) is 47.2. The molecule has 0 aromatic rings. The summed E-state index contributed by atoms with van der Waals surface area (Å²) >= 11 is 0. The molecule has 22 atom stereocenters. The van der Waals surface area contributed by atoms with E-state index in [-0.39, 0.29) is 52.6 Å². The molecule has 7 fully saturated rings. The summed E-state index contributed by atoms with van der Waals surface area (Å²) in [6.45, 7) is 14.2. The summed E-state index contributed by atoms with van der Waals surface area (Å²) in [4.78, 5) is 13.1. The first-order valence-corrected chi connectivity index (χ1v) is 23.1. The van der Waals surface area contributed by atoms with Crippen LogP contribution in [0.25, 0.3) is 0 Å². The third kappa shape index (κ3) is 7.10. The zero-order chi connectivity index (χ0) is 45.1. The topological polar surface area (TPSA) is 255 Å². The van der Waals surface area contributed by atoms with Crippen molar-refractivity contribution in [2.75, 3.05) is 19.8 Å². The second-order valence-electron chi connectivity index (χ2n) is 22.4. The Morgan fingerprint density at radius 3 is 2.06 bits per heavy atom. The maximum absolute atomic E-state index is 13.1. The lowest BCUT2D eigenvalue weighted by Gasteiger charge is -2.71. The number of rotatable bonds is 9. The number of fused-ring (bicyclic) bond motifs is 7. The minimum atomic E-state index is -1.73. The molecule has 4 saturated carbocycles. The molecule has 8 aliphatic rings. The van der Waals surface area contributed by atoms with E-state index in [0.717, 1.165) is 44.9 Å². The molecule has 0 bridgehead atoms. The van der Waals surface area contributed by atoms with Crippen LogP contribution in [0.4, 0.5) is 0 Å². The maximum atomic E-state index is 13.1. The SMILES string of the molecule is C[C@@H]1O[C@@H](O[C@H]2[C@@H](O[C@H]3CC[C@@]4(C)[C@@H](CC[C@]5(C)[C@@H]4CC=C4[C@@H]6CC(C)(C)CC[C@]6(C(=O)O)CC[C@]45C)[C@]3(C)CO)OC[C@H](O)[C@@H]2O[C@@H]2O[C@H](CO)[C@H](O)[C@H]2O)[C@H](O)[C@H](O)[C@H]1O. The lowest BCUT2D eigenvalue weighted by molar-refractivity contribution is -0.378. The van der Waals surface area contributed by atoms with Gasteiger partial charge in [0.1, 0.15) is 54.9 Å². The Kier molecular flexibility index (Phi) is 12.5. The molecule has 16 heteroatoms. The average molecular weight is 883 g/mol. The molecule has 0 amide bonds. The molecule has 0 unspecified atom stereocenters. The quantitative estimate of drug-likeness (QED) is 0.119. The molecule has 5 aliphatic carbocycles. The molecule has 16 nitrogen and oxygen atoms in total. The Labute approximate surface area is 364 Å². The summed E-state index contributed by atoms with van der Waals surface area (Å²) in [7, 11) is 0. The van der Waals surface area contributed by atoms with Gasteiger partial charge in [-0.15, -0.1) is 0 Å². The van der Waals surface area contributed by atoms with Crippen molar-refractivity contribution in [3.8, 4) is 0 Å². The first-order valence-electron chi connectivity index (χ1n) is 23.1. The van der Waals surface area contributed by atoms with Gasteiger partial charge in [0.25, 0.3) is 0 Å². The first-order chi connectivity index (χ1) is 29.0. The molecule has 62 heavy (non-hydrogen) atoms. The van der Waals surface area contributed by atoms with E-state index in [1.807, 2.05) is 6.92 Å². The van der Waals surface area contributed by atoms with Crippen LogP contribution in [0, 0.1) is 50.2 Å². The van der Waals surface area contributed by atoms with Crippen molar-refractivity contribution in [2.24, 2.45) is 50.2 Å². The van der Waals surface area contributed by atoms with Gasteiger partial charge in [-0.2, -0.15) is 0 Å². The fraction of sp³-hybridized carbons (Fsp3) is 0.935. The van der Waals surface area contributed by atoms with Gasteiger partial charge in [-0.3, -0.25) is 4.79 Å². The van der Waals surface area contributed by atoms with Gasteiger partial charge in [0.05, 0.1) is 37.4 Å². The van der Waals surface area contributed by atoms with Crippen molar-refractivity contribution in [2.45, 2.75) is 199 Å². The number of hydrogen-bond donors (Lipinski definition) is 9. The number of aliphatic hydroxyl groups is 8. The third-order valence-corrected chi connectivity index (χ3v) is 18.7. The Bertz CT molecular complexity index is 1690. The summed E-state index contributed by atoms with van der Waals surface area (Å²) < 4.78 is 36.9. The summed E-state index contributed by atoms with van der Waals surface area (Å²) in [6.07, 6.45) is -8.93. The van der Waals surface area contributed by atoms with E-state index in [2.05, 4.69) is 40.7 Å². The standard InChI is InChI=1S/C46H74O16/c1-22-30(50)32(52)34(54)37(58-22)62-36-35(61-38-33(53)31(51)26(19-47)59-38)25(49)20-57-39(36)60-29-11-12-42(4)27(43(29,5)21-48)10-13-45(7)28(42)9-8-23-24-18-41(2,3)14-16-46(24,40(55)56)17-15-44(23,45)6/h8,22,24-39,47-54H,9-21H2,1-7H3,(H,55,56)/t22-,24-,25-,26+,27+,28+,29-,30-,31-,32+,33+,34+,35-,36+,37-,38-,39+,42-,43-,44+,45+,46-/m0/s1. The Morgan fingerprint density at radius 1 is 0.742 bits per heavy atom. The Balaban J connectivity index is 1.08. The second-order valence-corrected chi connectivity index (χ2v) is 22.4. The number of carbonyl (C=O) groups is 1. The van der Waals surface area contributed by atoms with Gasteiger partial charge >= 0.3 is 5.97 Å². The van der Waals surface area contributed by atoms with Crippen LogP contribution in [0.5, 0.6) is 0 Å². The van der Waals surface area contributed by atoms with E-state index in [1.54, 1.807) is 0 Å². The van der Waals surface area contributed by atoms with Crippen LogP contribution in [0.15, 0.2) is 11.6 Å². The van der Waals surface area contributed by atoms with Crippen LogP contribution in [0.2, 0.25) is 0 Å². The van der Waals surface area contributed by atoms with Crippen LogP contribution in [-0.4, -0.2) is 158 Å². The molecule has 0 aromatic heterocycles. The number of hydrogen-bond acceptors (Lipinski definition) is 15. The molecule has 9 N–H and O–H groups in total. The predicted octanol–water partition coefficient (Wildman–Crippen LogP) is 1.98. The molecule has 354 valence electrons. The van der Waals surface area contributed by atoms with E-state index < -0.39 is 109 Å². The highest BCUT2D eigenvalue weighted by Crippen LogP contribution is 2.76. The van der Waals surface area contributed by atoms with Crippen molar-refractivity contribution >= 4 is 5.97 Å². The van der Waals surface area contributed by atoms with Gasteiger partial charge in [-0.1, -0.05) is 53.2 Å². The lowest BCUT2D eigenvalue weighted by atomic mass is 9.33. The van der Waals surface area contributed by atoms with Gasteiger partial charge in [0.15, 0.2) is 18.9 Å².